The fraction of sp³-hybridized carbons (Fsp3) is 0.684. The summed E-state index contributed by atoms with van der Waals surface area (Å²) in [7, 11) is 0. The van der Waals surface area contributed by atoms with Gasteiger partial charge >= 0.3 is 0 Å². The number of ether oxygens (including phenoxy) is 1. The molecule has 0 amide bonds. The molecule has 0 radical (unpaired) electrons. The molecule has 0 saturated heterocycles. The molecule has 2 heteroatoms. The van der Waals surface area contributed by atoms with Crippen LogP contribution in [0.25, 0.3) is 0 Å². The maximum atomic E-state index is 5.99. The summed E-state index contributed by atoms with van der Waals surface area (Å²) in [4.78, 5) is 0. The molecule has 0 heterocycles. The highest BCUT2D eigenvalue weighted by Gasteiger charge is 2.15. The second-order valence-electron chi connectivity index (χ2n) is 6.06. The topological polar surface area (TPSA) is 21.3 Å². The van der Waals surface area contributed by atoms with Gasteiger partial charge in [-0.1, -0.05) is 57.7 Å². The molecule has 1 unspecified atom stereocenters. The zero-order chi connectivity index (χ0) is 15.5. The van der Waals surface area contributed by atoms with Crippen LogP contribution in [0.5, 0.6) is 5.75 Å². The van der Waals surface area contributed by atoms with Crippen molar-refractivity contribution in [1.82, 2.24) is 5.32 Å². The number of rotatable bonds is 11. The van der Waals surface area contributed by atoms with Crippen LogP contribution in [0.2, 0.25) is 0 Å². The zero-order valence-corrected chi connectivity index (χ0v) is 14.3. The SMILES string of the molecule is CCCCCCC(NCCC)c1ccccc1OC(C)C. The summed E-state index contributed by atoms with van der Waals surface area (Å²) in [5.74, 6) is 1.04. The second-order valence-corrected chi connectivity index (χ2v) is 6.06. The second kappa shape index (κ2) is 10.7. The number of hydrogen-bond donors (Lipinski definition) is 1. The van der Waals surface area contributed by atoms with Crippen LogP contribution in [0.15, 0.2) is 24.3 Å². The Labute approximate surface area is 131 Å². The van der Waals surface area contributed by atoms with E-state index in [1.165, 1.54) is 44.1 Å². The van der Waals surface area contributed by atoms with E-state index < -0.39 is 0 Å². The Morgan fingerprint density at radius 2 is 1.76 bits per heavy atom. The van der Waals surface area contributed by atoms with Gasteiger partial charge in [-0.3, -0.25) is 0 Å². The van der Waals surface area contributed by atoms with Crippen LogP contribution in [0.3, 0.4) is 0 Å². The van der Waals surface area contributed by atoms with Crippen molar-refractivity contribution < 1.29 is 4.74 Å². The van der Waals surface area contributed by atoms with Crippen molar-refractivity contribution in [2.75, 3.05) is 6.54 Å². The minimum absolute atomic E-state index is 0.220. The van der Waals surface area contributed by atoms with Crippen molar-refractivity contribution in [3.8, 4) is 5.75 Å². The van der Waals surface area contributed by atoms with Crippen LogP contribution in [-0.4, -0.2) is 12.6 Å². The number of nitrogens with one attached hydrogen (secondary N) is 1. The number of para-hydroxylation sites is 1. The summed E-state index contributed by atoms with van der Waals surface area (Å²) in [5, 5.41) is 3.70. The van der Waals surface area contributed by atoms with Gasteiger partial charge in [-0.25, -0.2) is 0 Å². The van der Waals surface area contributed by atoms with Crippen molar-refractivity contribution in [1.29, 1.82) is 0 Å². The highest BCUT2D eigenvalue weighted by atomic mass is 16.5. The Bertz CT molecular complexity index is 376. The molecule has 1 aromatic rings. The maximum Gasteiger partial charge on any atom is 0.124 e. The number of hydrogen-bond acceptors (Lipinski definition) is 2. The van der Waals surface area contributed by atoms with Gasteiger partial charge in [-0.2, -0.15) is 0 Å². The first-order chi connectivity index (χ1) is 10.2. The first-order valence-electron chi connectivity index (χ1n) is 8.68. The molecular formula is C19H33NO. The molecule has 2 nitrogen and oxygen atoms in total. The lowest BCUT2D eigenvalue weighted by Crippen LogP contribution is -2.23. The van der Waals surface area contributed by atoms with E-state index in [0.717, 1.165) is 12.3 Å². The monoisotopic (exact) mass is 291 g/mol. The molecule has 120 valence electrons. The van der Waals surface area contributed by atoms with Gasteiger partial charge in [0, 0.05) is 11.6 Å². The van der Waals surface area contributed by atoms with E-state index in [-0.39, 0.29) is 6.10 Å². The fourth-order valence-electron chi connectivity index (χ4n) is 2.59. The molecule has 0 aliphatic rings. The van der Waals surface area contributed by atoms with Crippen LogP contribution in [0.4, 0.5) is 0 Å². The first kappa shape index (κ1) is 18.0. The van der Waals surface area contributed by atoms with Crippen molar-refractivity contribution in [2.24, 2.45) is 0 Å². The summed E-state index contributed by atoms with van der Waals surface area (Å²) in [6.45, 7) is 9.73. The van der Waals surface area contributed by atoms with Crippen LogP contribution >= 0.6 is 0 Å². The molecule has 1 aromatic carbocycles. The molecule has 1 atom stereocenters. The van der Waals surface area contributed by atoms with Gasteiger partial charge in [0.05, 0.1) is 6.10 Å². The maximum absolute atomic E-state index is 5.99. The highest BCUT2D eigenvalue weighted by molar-refractivity contribution is 5.36. The van der Waals surface area contributed by atoms with Crippen LogP contribution < -0.4 is 10.1 Å². The van der Waals surface area contributed by atoms with Crippen LogP contribution in [0, 0.1) is 0 Å². The predicted molar refractivity (Wildman–Crippen MR) is 92.0 cm³/mol. The molecule has 0 bridgehead atoms. The van der Waals surface area contributed by atoms with Crippen molar-refractivity contribution >= 4 is 0 Å². The van der Waals surface area contributed by atoms with Gasteiger partial charge in [-0.05, 0) is 39.3 Å². The summed E-state index contributed by atoms with van der Waals surface area (Å²) in [6, 6.07) is 8.91. The molecular weight excluding hydrogens is 258 g/mol. The molecule has 1 rings (SSSR count). The summed E-state index contributed by atoms with van der Waals surface area (Å²) >= 11 is 0. The lowest BCUT2D eigenvalue weighted by molar-refractivity contribution is 0.237. The van der Waals surface area contributed by atoms with E-state index in [4.69, 9.17) is 4.74 Å². The van der Waals surface area contributed by atoms with Gasteiger partial charge in [0.1, 0.15) is 5.75 Å². The fourth-order valence-corrected chi connectivity index (χ4v) is 2.59. The smallest absolute Gasteiger partial charge is 0.124 e. The van der Waals surface area contributed by atoms with E-state index in [2.05, 4.69) is 57.3 Å². The predicted octanol–water partition coefficient (Wildman–Crippen LogP) is 5.48. The molecule has 1 N–H and O–H groups in total. The van der Waals surface area contributed by atoms with Crippen LogP contribution in [0.1, 0.15) is 77.8 Å². The van der Waals surface area contributed by atoms with E-state index in [0.29, 0.717) is 6.04 Å². The van der Waals surface area contributed by atoms with Gasteiger partial charge in [-0.15, -0.1) is 0 Å². The van der Waals surface area contributed by atoms with Crippen molar-refractivity contribution in [2.45, 2.75) is 78.4 Å². The summed E-state index contributed by atoms with van der Waals surface area (Å²) in [5.41, 5.74) is 1.32. The number of benzene rings is 1. The zero-order valence-electron chi connectivity index (χ0n) is 14.3. The molecule has 0 aromatic heterocycles. The molecule has 0 aliphatic heterocycles. The average molecular weight is 291 g/mol. The van der Waals surface area contributed by atoms with Gasteiger partial charge in [0.25, 0.3) is 0 Å². The molecule has 0 aliphatic carbocycles. The van der Waals surface area contributed by atoms with E-state index in [1.54, 1.807) is 0 Å². The summed E-state index contributed by atoms with van der Waals surface area (Å²) < 4.78 is 5.99. The molecule has 0 fully saturated rings. The Morgan fingerprint density at radius 3 is 2.43 bits per heavy atom. The largest absolute Gasteiger partial charge is 0.491 e. The number of unbranched alkanes of at least 4 members (excludes halogenated alkanes) is 3. The van der Waals surface area contributed by atoms with Crippen molar-refractivity contribution in [3.05, 3.63) is 29.8 Å². The lowest BCUT2D eigenvalue weighted by Gasteiger charge is -2.23. The molecule has 0 saturated carbocycles. The van der Waals surface area contributed by atoms with Crippen molar-refractivity contribution in [3.63, 3.8) is 0 Å². The van der Waals surface area contributed by atoms with Gasteiger partial charge in [0.15, 0.2) is 0 Å². The normalized spacial score (nSPS) is 12.6. The van der Waals surface area contributed by atoms with Gasteiger partial charge in [0.2, 0.25) is 0 Å². The Hall–Kier alpha value is -1.02. The average Bonchev–Trinajstić information content (AvgIpc) is 2.47. The van der Waals surface area contributed by atoms with Gasteiger partial charge < -0.3 is 10.1 Å². The van der Waals surface area contributed by atoms with Crippen LogP contribution in [-0.2, 0) is 0 Å². The lowest BCUT2D eigenvalue weighted by atomic mass is 9.99. The molecule has 0 spiro atoms. The minimum atomic E-state index is 0.220. The minimum Gasteiger partial charge on any atom is -0.491 e. The molecule has 21 heavy (non-hydrogen) atoms. The van der Waals surface area contributed by atoms with E-state index in [9.17, 15) is 0 Å². The van der Waals surface area contributed by atoms with E-state index in [1.807, 2.05) is 0 Å². The quantitative estimate of drug-likeness (QED) is 0.545. The van der Waals surface area contributed by atoms with E-state index >= 15 is 0 Å². The highest BCUT2D eigenvalue weighted by Crippen LogP contribution is 2.29. The Morgan fingerprint density at radius 1 is 1.00 bits per heavy atom. The Kier molecular flexibility index (Phi) is 9.16. The third-order valence-corrected chi connectivity index (χ3v) is 3.64. The summed E-state index contributed by atoms with van der Waals surface area (Å²) in [6.07, 6.45) is 7.82. The standard InChI is InChI=1S/C19H33NO/c1-5-7-8-9-13-18(20-15-6-2)17-12-10-11-14-19(17)21-16(3)4/h10-12,14,16,18,20H,5-9,13,15H2,1-4H3. The third-order valence-electron chi connectivity index (χ3n) is 3.64. The third kappa shape index (κ3) is 6.99. The first-order valence-corrected chi connectivity index (χ1v) is 8.68. The Balaban J connectivity index is 2.75.